The highest BCUT2D eigenvalue weighted by atomic mass is 16.5. The standard InChI is InChI=1S/C17H17NO3/c1-11(12-6-3-2-4-7-12)21-16-14(17(19)20)10-13-8-5-9-15(13)18-16/h2-4,6-7,10-11H,5,8-9H2,1H3,(H,19,20). The summed E-state index contributed by atoms with van der Waals surface area (Å²) in [6.45, 7) is 1.90. The fourth-order valence-electron chi connectivity index (χ4n) is 2.66. The van der Waals surface area contributed by atoms with E-state index < -0.39 is 5.97 Å². The van der Waals surface area contributed by atoms with Crippen LogP contribution >= 0.6 is 0 Å². The van der Waals surface area contributed by atoms with Crippen LogP contribution in [-0.2, 0) is 12.8 Å². The molecule has 4 nitrogen and oxygen atoms in total. The van der Waals surface area contributed by atoms with Gasteiger partial charge in [0.15, 0.2) is 0 Å². The zero-order valence-corrected chi connectivity index (χ0v) is 11.9. The summed E-state index contributed by atoms with van der Waals surface area (Å²) in [5.41, 5.74) is 3.15. The van der Waals surface area contributed by atoms with E-state index in [1.54, 1.807) is 6.07 Å². The summed E-state index contributed by atoms with van der Waals surface area (Å²) >= 11 is 0. The van der Waals surface area contributed by atoms with Crippen LogP contribution in [0.3, 0.4) is 0 Å². The average Bonchev–Trinajstić information content (AvgIpc) is 2.94. The van der Waals surface area contributed by atoms with Crippen molar-refractivity contribution in [2.75, 3.05) is 0 Å². The van der Waals surface area contributed by atoms with Gasteiger partial charge in [-0.25, -0.2) is 9.78 Å². The van der Waals surface area contributed by atoms with Crippen molar-refractivity contribution >= 4 is 5.97 Å². The minimum atomic E-state index is -0.993. The monoisotopic (exact) mass is 283 g/mol. The fraction of sp³-hybridized carbons (Fsp3) is 0.294. The quantitative estimate of drug-likeness (QED) is 0.934. The van der Waals surface area contributed by atoms with Crippen molar-refractivity contribution in [3.05, 3.63) is 58.8 Å². The van der Waals surface area contributed by atoms with Crippen LogP contribution in [-0.4, -0.2) is 16.1 Å². The summed E-state index contributed by atoms with van der Waals surface area (Å²) in [4.78, 5) is 15.9. The van der Waals surface area contributed by atoms with Crippen molar-refractivity contribution in [1.82, 2.24) is 4.98 Å². The predicted octanol–water partition coefficient (Wildman–Crippen LogP) is 3.41. The normalized spacial score (nSPS) is 14.5. The van der Waals surface area contributed by atoms with Crippen LogP contribution in [0.5, 0.6) is 5.88 Å². The number of aromatic nitrogens is 1. The molecule has 1 N–H and O–H groups in total. The molecule has 0 radical (unpaired) electrons. The largest absolute Gasteiger partial charge is 0.477 e. The summed E-state index contributed by atoms with van der Waals surface area (Å²) in [7, 11) is 0. The van der Waals surface area contributed by atoms with Crippen LogP contribution in [0, 0.1) is 0 Å². The number of rotatable bonds is 4. The third-order valence-electron chi connectivity index (χ3n) is 3.80. The molecule has 1 aliphatic carbocycles. The Bertz CT molecular complexity index is 667. The second kappa shape index (κ2) is 5.56. The van der Waals surface area contributed by atoms with Gasteiger partial charge >= 0.3 is 5.97 Å². The number of carboxylic acid groups (broad SMARTS) is 1. The molecule has 1 aliphatic rings. The van der Waals surface area contributed by atoms with Gasteiger partial charge in [-0.05, 0) is 43.4 Å². The molecule has 0 aliphatic heterocycles. The number of carbonyl (C=O) groups is 1. The Morgan fingerprint density at radius 2 is 2.05 bits per heavy atom. The van der Waals surface area contributed by atoms with Gasteiger partial charge in [-0.3, -0.25) is 0 Å². The number of fused-ring (bicyclic) bond motifs is 1. The zero-order chi connectivity index (χ0) is 14.8. The molecule has 0 fully saturated rings. The second-order valence-corrected chi connectivity index (χ2v) is 5.28. The number of aromatic carboxylic acids is 1. The minimum absolute atomic E-state index is 0.151. The lowest BCUT2D eigenvalue weighted by Gasteiger charge is -2.16. The van der Waals surface area contributed by atoms with Gasteiger partial charge in [0.25, 0.3) is 0 Å². The molecule has 1 unspecified atom stereocenters. The highest BCUT2D eigenvalue weighted by Gasteiger charge is 2.22. The summed E-state index contributed by atoms with van der Waals surface area (Å²) in [5, 5.41) is 9.36. The van der Waals surface area contributed by atoms with Crippen molar-refractivity contribution in [3.63, 3.8) is 0 Å². The number of aryl methyl sites for hydroxylation is 2. The van der Waals surface area contributed by atoms with Gasteiger partial charge in [-0.15, -0.1) is 0 Å². The smallest absolute Gasteiger partial charge is 0.341 e. The number of nitrogens with zero attached hydrogens (tertiary/aromatic N) is 1. The van der Waals surface area contributed by atoms with E-state index in [9.17, 15) is 9.90 Å². The van der Waals surface area contributed by atoms with Gasteiger partial charge in [-0.2, -0.15) is 0 Å². The molecule has 0 saturated carbocycles. The molecule has 21 heavy (non-hydrogen) atoms. The zero-order valence-electron chi connectivity index (χ0n) is 11.9. The Morgan fingerprint density at radius 1 is 1.29 bits per heavy atom. The van der Waals surface area contributed by atoms with Gasteiger partial charge in [0.2, 0.25) is 5.88 Å². The molecule has 0 amide bonds. The van der Waals surface area contributed by atoms with Crippen molar-refractivity contribution in [2.45, 2.75) is 32.3 Å². The lowest BCUT2D eigenvalue weighted by Crippen LogP contribution is -2.10. The summed E-state index contributed by atoms with van der Waals surface area (Å²) < 4.78 is 5.83. The topological polar surface area (TPSA) is 59.4 Å². The van der Waals surface area contributed by atoms with E-state index in [4.69, 9.17) is 4.74 Å². The van der Waals surface area contributed by atoms with Crippen molar-refractivity contribution in [3.8, 4) is 5.88 Å². The minimum Gasteiger partial charge on any atom is -0.477 e. The third kappa shape index (κ3) is 2.75. The molecule has 1 atom stereocenters. The first-order valence-corrected chi connectivity index (χ1v) is 7.13. The SMILES string of the molecule is CC(Oc1nc2c(cc1C(=O)O)CCC2)c1ccccc1. The number of carboxylic acids is 1. The van der Waals surface area contributed by atoms with Crippen molar-refractivity contribution in [1.29, 1.82) is 0 Å². The van der Waals surface area contributed by atoms with E-state index in [0.29, 0.717) is 0 Å². The molecule has 0 bridgehead atoms. The summed E-state index contributed by atoms with van der Waals surface area (Å²) in [6.07, 6.45) is 2.58. The van der Waals surface area contributed by atoms with Crippen LogP contribution in [0.2, 0.25) is 0 Å². The lowest BCUT2D eigenvalue weighted by atomic mass is 10.1. The third-order valence-corrected chi connectivity index (χ3v) is 3.80. The first-order valence-electron chi connectivity index (χ1n) is 7.13. The van der Waals surface area contributed by atoms with Gasteiger partial charge in [0, 0.05) is 5.69 Å². The first kappa shape index (κ1) is 13.6. The van der Waals surface area contributed by atoms with Gasteiger partial charge < -0.3 is 9.84 Å². The maximum absolute atomic E-state index is 11.4. The molecular formula is C17H17NO3. The number of benzene rings is 1. The van der Waals surface area contributed by atoms with E-state index in [-0.39, 0.29) is 17.5 Å². The maximum Gasteiger partial charge on any atom is 0.341 e. The molecule has 1 aromatic heterocycles. The van der Waals surface area contributed by atoms with Crippen LogP contribution < -0.4 is 4.74 Å². The van der Waals surface area contributed by atoms with Gasteiger partial charge in [-0.1, -0.05) is 30.3 Å². The Balaban J connectivity index is 1.93. The highest BCUT2D eigenvalue weighted by molar-refractivity contribution is 5.90. The average molecular weight is 283 g/mol. The van der Waals surface area contributed by atoms with Crippen LogP contribution in [0.25, 0.3) is 0 Å². The molecule has 0 saturated heterocycles. The Labute approximate surface area is 123 Å². The van der Waals surface area contributed by atoms with E-state index in [0.717, 1.165) is 36.1 Å². The van der Waals surface area contributed by atoms with E-state index in [1.165, 1.54) is 0 Å². The molecule has 0 spiro atoms. The molecule has 3 rings (SSSR count). The predicted molar refractivity (Wildman–Crippen MR) is 78.7 cm³/mol. The summed E-state index contributed by atoms with van der Waals surface area (Å²) in [5.74, 6) is -0.771. The number of ether oxygens (including phenoxy) is 1. The molecule has 108 valence electrons. The Hall–Kier alpha value is -2.36. The molecule has 2 aromatic rings. The Kier molecular flexibility index (Phi) is 3.60. The molecular weight excluding hydrogens is 266 g/mol. The number of hydrogen-bond acceptors (Lipinski definition) is 3. The van der Waals surface area contributed by atoms with E-state index in [1.807, 2.05) is 37.3 Å². The van der Waals surface area contributed by atoms with Crippen LogP contribution in [0.15, 0.2) is 36.4 Å². The van der Waals surface area contributed by atoms with Crippen molar-refractivity contribution < 1.29 is 14.6 Å². The number of pyridine rings is 1. The molecule has 1 aromatic carbocycles. The second-order valence-electron chi connectivity index (χ2n) is 5.28. The highest BCUT2D eigenvalue weighted by Crippen LogP contribution is 2.29. The lowest BCUT2D eigenvalue weighted by molar-refractivity contribution is 0.0688. The van der Waals surface area contributed by atoms with Crippen molar-refractivity contribution in [2.24, 2.45) is 0 Å². The Morgan fingerprint density at radius 3 is 2.76 bits per heavy atom. The number of hydrogen-bond donors (Lipinski definition) is 1. The first-order chi connectivity index (χ1) is 10.1. The summed E-state index contributed by atoms with van der Waals surface area (Å²) in [6, 6.07) is 11.4. The maximum atomic E-state index is 11.4. The van der Waals surface area contributed by atoms with Crippen LogP contribution in [0.1, 0.15) is 46.6 Å². The fourth-order valence-corrected chi connectivity index (χ4v) is 2.66. The van der Waals surface area contributed by atoms with Crippen LogP contribution in [0.4, 0.5) is 0 Å². The molecule has 1 heterocycles. The van der Waals surface area contributed by atoms with Gasteiger partial charge in [0.1, 0.15) is 11.7 Å². The molecule has 4 heteroatoms. The van der Waals surface area contributed by atoms with Gasteiger partial charge in [0.05, 0.1) is 0 Å². The van der Waals surface area contributed by atoms with E-state index >= 15 is 0 Å². The van der Waals surface area contributed by atoms with E-state index in [2.05, 4.69) is 4.98 Å².